The van der Waals surface area contributed by atoms with Crippen molar-refractivity contribution in [3.63, 3.8) is 0 Å². The summed E-state index contributed by atoms with van der Waals surface area (Å²) in [5.74, 6) is 1.05. The summed E-state index contributed by atoms with van der Waals surface area (Å²) in [4.78, 5) is 2.75. The first-order valence-electron chi connectivity index (χ1n) is 6.85. The van der Waals surface area contributed by atoms with Crippen molar-refractivity contribution in [2.75, 3.05) is 26.2 Å². The number of hydrogen-bond donors (Lipinski definition) is 1. The van der Waals surface area contributed by atoms with Crippen LogP contribution in [-0.4, -0.2) is 37.1 Å². The van der Waals surface area contributed by atoms with Gasteiger partial charge in [-0.25, -0.2) is 0 Å². The van der Waals surface area contributed by atoms with Crippen molar-refractivity contribution >= 4 is 0 Å². The number of piperidine rings is 1. The maximum atomic E-state index is 3.59. The molecule has 2 nitrogen and oxygen atoms in total. The Kier molecular flexibility index (Phi) is 4.45. The van der Waals surface area contributed by atoms with Crippen LogP contribution < -0.4 is 5.32 Å². The Hall–Kier alpha value is -0.0800. The lowest BCUT2D eigenvalue weighted by molar-refractivity contribution is 0.139. The van der Waals surface area contributed by atoms with Gasteiger partial charge in [-0.3, -0.25) is 4.90 Å². The van der Waals surface area contributed by atoms with Crippen LogP contribution in [0.15, 0.2) is 0 Å². The van der Waals surface area contributed by atoms with E-state index in [1.165, 1.54) is 64.7 Å². The largest absolute Gasteiger partial charge is 0.315 e. The van der Waals surface area contributed by atoms with Gasteiger partial charge in [0.05, 0.1) is 0 Å². The summed E-state index contributed by atoms with van der Waals surface area (Å²) in [5, 5.41) is 3.59. The molecule has 2 heteroatoms. The molecule has 0 amide bonds. The van der Waals surface area contributed by atoms with Crippen LogP contribution >= 0.6 is 0 Å². The Balaban J connectivity index is 1.71. The molecule has 1 aliphatic heterocycles. The predicted molar refractivity (Wildman–Crippen MR) is 65.1 cm³/mol. The highest BCUT2D eigenvalue weighted by atomic mass is 15.2. The first-order chi connectivity index (χ1) is 7.40. The van der Waals surface area contributed by atoms with Gasteiger partial charge in [-0.2, -0.15) is 0 Å². The highest BCUT2D eigenvalue weighted by Gasteiger charge is 2.29. The molecular formula is C13H26N2. The van der Waals surface area contributed by atoms with E-state index in [-0.39, 0.29) is 0 Å². The SMILES string of the molecule is CCCNCC1CCCCN1CC1CC1. The summed E-state index contributed by atoms with van der Waals surface area (Å²) >= 11 is 0. The average Bonchev–Trinajstić information content (AvgIpc) is 3.05. The molecule has 1 unspecified atom stereocenters. The molecule has 2 rings (SSSR count). The zero-order chi connectivity index (χ0) is 10.5. The second-order valence-electron chi connectivity index (χ2n) is 5.29. The normalized spacial score (nSPS) is 28.2. The van der Waals surface area contributed by atoms with Crippen molar-refractivity contribution in [2.24, 2.45) is 5.92 Å². The highest BCUT2D eigenvalue weighted by Crippen LogP contribution is 2.31. The van der Waals surface area contributed by atoms with Crippen LogP contribution in [0, 0.1) is 5.92 Å². The van der Waals surface area contributed by atoms with E-state index in [4.69, 9.17) is 0 Å². The molecule has 0 aromatic heterocycles. The van der Waals surface area contributed by atoms with E-state index >= 15 is 0 Å². The van der Waals surface area contributed by atoms with Crippen molar-refractivity contribution in [1.29, 1.82) is 0 Å². The van der Waals surface area contributed by atoms with E-state index < -0.39 is 0 Å². The number of hydrogen-bond acceptors (Lipinski definition) is 2. The molecule has 0 radical (unpaired) electrons. The van der Waals surface area contributed by atoms with Crippen LogP contribution in [-0.2, 0) is 0 Å². The van der Waals surface area contributed by atoms with E-state index in [1.54, 1.807) is 0 Å². The van der Waals surface area contributed by atoms with E-state index in [0.29, 0.717) is 0 Å². The van der Waals surface area contributed by atoms with Gasteiger partial charge in [-0.1, -0.05) is 13.3 Å². The number of likely N-dealkylation sites (tertiary alicyclic amines) is 1. The van der Waals surface area contributed by atoms with E-state index in [2.05, 4.69) is 17.1 Å². The maximum absolute atomic E-state index is 3.59. The Morgan fingerprint density at radius 1 is 1.20 bits per heavy atom. The van der Waals surface area contributed by atoms with Crippen molar-refractivity contribution in [3.8, 4) is 0 Å². The lowest BCUT2D eigenvalue weighted by Gasteiger charge is -2.36. The smallest absolute Gasteiger partial charge is 0.0220 e. The first kappa shape index (κ1) is 11.4. The monoisotopic (exact) mass is 210 g/mol. The molecule has 0 spiro atoms. The van der Waals surface area contributed by atoms with Crippen LogP contribution in [0.5, 0.6) is 0 Å². The van der Waals surface area contributed by atoms with Gasteiger partial charge >= 0.3 is 0 Å². The third kappa shape index (κ3) is 3.76. The fourth-order valence-electron chi connectivity index (χ4n) is 2.61. The van der Waals surface area contributed by atoms with Crippen LogP contribution in [0.1, 0.15) is 45.4 Å². The lowest BCUT2D eigenvalue weighted by Crippen LogP contribution is -2.46. The van der Waals surface area contributed by atoms with Gasteiger partial charge in [-0.15, -0.1) is 0 Å². The van der Waals surface area contributed by atoms with Gasteiger partial charge in [0.2, 0.25) is 0 Å². The fourth-order valence-corrected chi connectivity index (χ4v) is 2.61. The van der Waals surface area contributed by atoms with Gasteiger partial charge in [-0.05, 0) is 51.1 Å². The Morgan fingerprint density at radius 3 is 2.80 bits per heavy atom. The second-order valence-corrected chi connectivity index (χ2v) is 5.29. The van der Waals surface area contributed by atoms with Crippen molar-refractivity contribution in [3.05, 3.63) is 0 Å². The summed E-state index contributed by atoms with van der Waals surface area (Å²) in [7, 11) is 0. The topological polar surface area (TPSA) is 15.3 Å². The van der Waals surface area contributed by atoms with Gasteiger partial charge in [0.15, 0.2) is 0 Å². The third-order valence-electron chi connectivity index (χ3n) is 3.75. The molecule has 1 heterocycles. The summed E-state index contributed by atoms with van der Waals surface area (Å²) in [5.41, 5.74) is 0. The zero-order valence-electron chi connectivity index (χ0n) is 10.2. The summed E-state index contributed by atoms with van der Waals surface area (Å²) in [6.07, 6.45) is 8.53. The van der Waals surface area contributed by atoms with Gasteiger partial charge < -0.3 is 5.32 Å². The number of rotatable bonds is 6. The molecule has 1 N–H and O–H groups in total. The standard InChI is InChI=1S/C13H26N2/c1-2-8-14-10-13-5-3-4-9-15(13)11-12-6-7-12/h12-14H,2-11H2,1H3. The molecule has 1 atom stereocenters. The second kappa shape index (κ2) is 5.86. The van der Waals surface area contributed by atoms with Gasteiger partial charge in [0.1, 0.15) is 0 Å². The van der Waals surface area contributed by atoms with Crippen molar-refractivity contribution < 1.29 is 0 Å². The molecule has 15 heavy (non-hydrogen) atoms. The molecular weight excluding hydrogens is 184 g/mol. The van der Waals surface area contributed by atoms with Crippen LogP contribution in [0.4, 0.5) is 0 Å². The summed E-state index contributed by atoms with van der Waals surface area (Å²) in [6.45, 7) is 7.40. The molecule has 2 aliphatic rings. The molecule has 88 valence electrons. The number of nitrogens with one attached hydrogen (secondary N) is 1. The molecule has 0 aromatic rings. The first-order valence-corrected chi connectivity index (χ1v) is 6.85. The van der Waals surface area contributed by atoms with Gasteiger partial charge in [0, 0.05) is 19.1 Å². The molecule has 1 saturated carbocycles. The fraction of sp³-hybridized carbons (Fsp3) is 1.00. The third-order valence-corrected chi connectivity index (χ3v) is 3.75. The highest BCUT2D eigenvalue weighted by molar-refractivity contribution is 4.84. The zero-order valence-corrected chi connectivity index (χ0v) is 10.2. The van der Waals surface area contributed by atoms with E-state index in [9.17, 15) is 0 Å². The van der Waals surface area contributed by atoms with E-state index in [1.807, 2.05) is 0 Å². The minimum absolute atomic E-state index is 0.839. The minimum atomic E-state index is 0.839. The Morgan fingerprint density at radius 2 is 2.07 bits per heavy atom. The maximum Gasteiger partial charge on any atom is 0.0220 e. The van der Waals surface area contributed by atoms with Crippen LogP contribution in [0.25, 0.3) is 0 Å². The lowest BCUT2D eigenvalue weighted by atomic mass is 10.0. The summed E-state index contributed by atoms with van der Waals surface area (Å²) < 4.78 is 0. The summed E-state index contributed by atoms with van der Waals surface area (Å²) in [6, 6.07) is 0.839. The average molecular weight is 210 g/mol. The number of nitrogens with zero attached hydrogens (tertiary/aromatic N) is 1. The van der Waals surface area contributed by atoms with E-state index in [0.717, 1.165) is 12.0 Å². The quantitative estimate of drug-likeness (QED) is 0.676. The van der Waals surface area contributed by atoms with Crippen LogP contribution in [0.2, 0.25) is 0 Å². The molecule has 1 aliphatic carbocycles. The molecule has 0 aromatic carbocycles. The molecule has 0 bridgehead atoms. The minimum Gasteiger partial charge on any atom is -0.315 e. The van der Waals surface area contributed by atoms with Gasteiger partial charge in [0.25, 0.3) is 0 Å². The Labute approximate surface area is 94.4 Å². The molecule has 1 saturated heterocycles. The predicted octanol–water partition coefficient (Wildman–Crippen LogP) is 2.25. The molecule has 2 fully saturated rings. The van der Waals surface area contributed by atoms with Crippen molar-refractivity contribution in [1.82, 2.24) is 10.2 Å². The van der Waals surface area contributed by atoms with Crippen molar-refractivity contribution in [2.45, 2.75) is 51.5 Å². The Bertz CT molecular complexity index is 177. The van der Waals surface area contributed by atoms with Crippen LogP contribution in [0.3, 0.4) is 0 Å².